The number of aliphatic hydroxyl groups is 1. The van der Waals surface area contributed by atoms with E-state index in [0.717, 1.165) is 24.8 Å². The SMILES string of the molecule is O=C1C[C@H](NC(=O)O[C@@H](CC2CCCC2)Cn2cnc3cc(Cl)c(Cl)cc32)C(O)O1. The molecule has 3 atom stereocenters. The molecule has 0 spiro atoms. The van der Waals surface area contributed by atoms with Gasteiger partial charge in [-0.15, -0.1) is 0 Å². The summed E-state index contributed by atoms with van der Waals surface area (Å²) in [4.78, 5) is 28.1. The minimum Gasteiger partial charge on any atom is -0.444 e. The van der Waals surface area contributed by atoms with Crippen molar-refractivity contribution in [2.45, 2.75) is 63.5 Å². The van der Waals surface area contributed by atoms with Crippen LogP contribution in [0.25, 0.3) is 11.0 Å². The van der Waals surface area contributed by atoms with Crippen LogP contribution < -0.4 is 5.32 Å². The van der Waals surface area contributed by atoms with Crippen molar-refractivity contribution in [1.29, 1.82) is 0 Å². The Kier molecular flexibility index (Phi) is 6.36. The summed E-state index contributed by atoms with van der Waals surface area (Å²) in [6.45, 7) is 0.404. The second kappa shape index (κ2) is 8.99. The first-order valence-electron chi connectivity index (χ1n) is 10.0. The molecule has 1 amide bonds. The number of ether oxygens (including phenoxy) is 2. The van der Waals surface area contributed by atoms with Gasteiger partial charge in [-0.05, 0) is 24.5 Å². The largest absolute Gasteiger partial charge is 0.444 e. The molecule has 1 aliphatic heterocycles. The van der Waals surface area contributed by atoms with Gasteiger partial charge < -0.3 is 24.5 Å². The van der Waals surface area contributed by atoms with Crippen molar-refractivity contribution in [2.75, 3.05) is 0 Å². The Morgan fingerprint density at radius 3 is 2.77 bits per heavy atom. The maximum atomic E-state index is 12.5. The van der Waals surface area contributed by atoms with Gasteiger partial charge in [0.15, 0.2) is 0 Å². The van der Waals surface area contributed by atoms with Crippen molar-refractivity contribution in [1.82, 2.24) is 14.9 Å². The number of fused-ring (bicyclic) bond motifs is 1. The first kappa shape index (κ1) is 21.2. The molecule has 2 aliphatic rings. The molecule has 162 valence electrons. The van der Waals surface area contributed by atoms with E-state index < -0.39 is 30.5 Å². The minimum atomic E-state index is -1.36. The predicted molar refractivity (Wildman–Crippen MR) is 110 cm³/mol. The third-order valence-electron chi connectivity index (χ3n) is 5.69. The van der Waals surface area contributed by atoms with Gasteiger partial charge in [-0.3, -0.25) is 4.79 Å². The average Bonchev–Trinajstić information content (AvgIpc) is 3.39. The molecule has 1 saturated heterocycles. The zero-order valence-corrected chi connectivity index (χ0v) is 17.7. The first-order chi connectivity index (χ1) is 14.4. The number of alkyl carbamates (subject to hydrolysis) is 1. The van der Waals surface area contributed by atoms with Gasteiger partial charge in [-0.2, -0.15) is 0 Å². The number of halogens is 2. The summed E-state index contributed by atoms with van der Waals surface area (Å²) in [7, 11) is 0. The molecule has 10 heteroatoms. The Morgan fingerprint density at radius 1 is 1.33 bits per heavy atom. The monoisotopic (exact) mass is 455 g/mol. The topological polar surface area (TPSA) is 103 Å². The second-order valence-corrected chi connectivity index (χ2v) is 8.72. The number of cyclic esters (lactones) is 1. The molecular weight excluding hydrogens is 433 g/mol. The molecular formula is C20H23Cl2N3O5. The number of benzene rings is 1. The maximum absolute atomic E-state index is 12.5. The molecule has 2 fully saturated rings. The summed E-state index contributed by atoms with van der Waals surface area (Å²) in [5.74, 6) is -0.0756. The summed E-state index contributed by atoms with van der Waals surface area (Å²) < 4.78 is 12.2. The van der Waals surface area contributed by atoms with Crippen molar-refractivity contribution in [3.05, 3.63) is 28.5 Å². The molecule has 2 heterocycles. The highest BCUT2D eigenvalue weighted by Gasteiger charge is 2.35. The molecule has 4 rings (SSSR count). The lowest BCUT2D eigenvalue weighted by Gasteiger charge is -2.23. The number of carbonyl (C=O) groups is 2. The summed E-state index contributed by atoms with van der Waals surface area (Å²) in [6.07, 6.45) is 4.43. The second-order valence-electron chi connectivity index (χ2n) is 7.90. The molecule has 2 N–H and O–H groups in total. The van der Waals surface area contributed by atoms with Gasteiger partial charge in [0.1, 0.15) is 12.1 Å². The lowest BCUT2D eigenvalue weighted by atomic mass is 10.00. The Hall–Kier alpha value is -2.03. The van der Waals surface area contributed by atoms with Crippen LogP contribution in [0.4, 0.5) is 4.79 Å². The number of esters is 1. The summed E-state index contributed by atoms with van der Waals surface area (Å²) in [5, 5.41) is 13.1. The van der Waals surface area contributed by atoms with Crippen LogP contribution in [0.5, 0.6) is 0 Å². The van der Waals surface area contributed by atoms with Crippen LogP contribution >= 0.6 is 23.2 Å². The fourth-order valence-electron chi connectivity index (χ4n) is 4.20. The molecule has 1 aromatic carbocycles. The van der Waals surface area contributed by atoms with Gasteiger partial charge in [-0.25, -0.2) is 9.78 Å². The third kappa shape index (κ3) is 4.82. The molecule has 1 unspecified atom stereocenters. The number of hydrogen-bond acceptors (Lipinski definition) is 6. The van der Waals surface area contributed by atoms with Crippen molar-refractivity contribution < 1.29 is 24.2 Å². The van der Waals surface area contributed by atoms with E-state index >= 15 is 0 Å². The molecule has 1 saturated carbocycles. The van der Waals surface area contributed by atoms with Crippen molar-refractivity contribution in [3.63, 3.8) is 0 Å². The van der Waals surface area contributed by atoms with Gasteiger partial charge in [0.05, 0.1) is 40.4 Å². The van der Waals surface area contributed by atoms with E-state index in [1.54, 1.807) is 18.5 Å². The Bertz CT molecular complexity index is 944. The minimum absolute atomic E-state index is 0.0883. The van der Waals surface area contributed by atoms with E-state index in [2.05, 4.69) is 15.0 Å². The fraction of sp³-hybridized carbons (Fsp3) is 0.550. The molecule has 8 nitrogen and oxygen atoms in total. The van der Waals surface area contributed by atoms with Gasteiger partial charge in [0, 0.05) is 0 Å². The number of imidazole rings is 1. The van der Waals surface area contributed by atoms with Crippen molar-refractivity contribution >= 4 is 46.3 Å². The van der Waals surface area contributed by atoms with Crippen LogP contribution in [0, 0.1) is 5.92 Å². The number of nitrogens with zero attached hydrogens (tertiary/aromatic N) is 2. The van der Waals surface area contributed by atoms with E-state index in [-0.39, 0.29) is 6.42 Å². The van der Waals surface area contributed by atoms with Crippen molar-refractivity contribution in [3.8, 4) is 0 Å². The molecule has 1 aliphatic carbocycles. The van der Waals surface area contributed by atoms with E-state index in [0.29, 0.717) is 28.0 Å². The summed E-state index contributed by atoms with van der Waals surface area (Å²) >= 11 is 12.2. The normalized spacial score (nSPS) is 23.0. The summed E-state index contributed by atoms with van der Waals surface area (Å²) in [5.41, 5.74) is 1.51. The number of rotatable bonds is 6. The van der Waals surface area contributed by atoms with Crippen molar-refractivity contribution in [2.24, 2.45) is 5.92 Å². The predicted octanol–water partition coefficient (Wildman–Crippen LogP) is 3.65. The highest BCUT2D eigenvalue weighted by Crippen LogP contribution is 2.31. The van der Waals surface area contributed by atoms with Crippen LogP contribution in [0.3, 0.4) is 0 Å². The van der Waals surface area contributed by atoms with Gasteiger partial charge in [0.25, 0.3) is 0 Å². The van der Waals surface area contributed by atoms with E-state index in [9.17, 15) is 14.7 Å². The van der Waals surface area contributed by atoms with E-state index in [4.69, 9.17) is 27.9 Å². The Labute approximate surface area is 183 Å². The average molecular weight is 456 g/mol. The Morgan fingerprint density at radius 2 is 2.07 bits per heavy atom. The number of amides is 1. The molecule has 1 aromatic heterocycles. The van der Waals surface area contributed by atoms with Crippen LogP contribution in [-0.4, -0.2) is 45.2 Å². The quantitative estimate of drug-likeness (QED) is 0.644. The zero-order chi connectivity index (χ0) is 21.3. The number of carbonyl (C=O) groups excluding carboxylic acids is 2. The molecule has 30 heavy (non-hydrogen) atoms. The number of aromatic nitrogens is 2. The van der Waals surface area contributed by atoms with E-state index in [1.165, 1.54) is 12.8 Å². The smallest absolute Gasteiger partial charge is 0.407 e. The first-order valence-corrected chi connectivity index (χ1v) is 10.8. The molecule has 0 radical (unpaired) electrons. The standard InChI is InChI=1S/C20H23Cl2N3O5/c21-13-6-15-17(7-14(13)22)25(10-23-15)9-12(5-11-3-1-2-4-11)29-20(28)24-16-8-18(26)30-19(16)27/h6-7,10-12,16,19,27H,1-5,8-9H2,(H,24,28)/t12-,16-,19?/m0/s1. The van der Waals surface area contributed by atoms with Gasteiger partial charge in [-0.1, -0.05) is 48.9 Å². The van der Waals surface area contributed by atoms with Gasteiger partial charge >= 0.3 is 12.1 Å². The van der Waals surface area contributed by atoms with Gasteiger partial charge in [0.2, 0.25) is 6.29 Å². The third-order valence-corrected chi connectivity index (χ3v) is 6.42. The fourth-order valence-corrected chi connectivity index (χ4v) is 4.52. The van der Waals surface area contributed by atoms with E-state index in [1.807, 2.05) is 4.57 Å². The van der Waals surface area contributed by atoms with Crippen LogP contribution in [-0.2, 0) is 20.8 Å². The number of nitrogens with one attached hydrogen (secondary N) is 1. The number of aliphatic hydroxyl groups excluding tert-OH is 1. The van der Waals surface area contributed by atoms with Crippen LogP contribution in [0.1, 0.15) is 38.5 Å². The maximum Gasteiger partial charge on any atom is 0.407 e. The highest BCUT2D eigenvalue weighted by atomic mass is 35.5. The number of hydrogen-bond donors (Lipinski definition) is 2. The molecule has 2 aromatic rings. The zero-order valence-electron chi connectivity index (χ0n) is 16.2. The highest BCUT2D eigenvalue weighted by molar-refractivity contribution is 6.42. The Balaban J connectivity index is 1.47. The van der Waals surface area contributed by atoms with Crippen LogP contribution in [0.2, 0.25) is 10.0 Å². The molecule has 0 bridgehead atoms. The summed E-state index contributed by atoms with van der Waals surface area (Å²) in [6, 6.07) is 2.64. The lowest BCUT2D eigenvalue weighted by molar-refractivity contribution is -0.154. The van der Waals surface area contributed by atoms with Crippen LogP contribution in [0.15, 0.2) is 18.5 Å². The lowest BCUT2D eigenvalue weighted by Crippen LogP contribution is -2.42.